The number of hydrogen-bond donors (Lipinski definition) is 1. The topological polar surface area (TPSA) is 75.2 Å². The number of hydrogen-bond acceptors (Lipinski definition) is 5. The molecule has 1 saturated carbocycles. The minimum Gasteiger partial charge on any atom is -0.354 e. The summed E-state index contributed by atoms with van der Waals surface area (Å²) in [6, 6.07) is -0.280. The first-order valence-electron chi connectivity index (χ1n) is 8.02. The lowest BCUT2D eigenvalue weighted by Gasteiger charge is -2.34. The summed E-state index contributed by atoms with van der Waals surface area (Å²) in [5.41, 5.74) is 0. The second-order valence-electron chi connectivity index (χ2n) is 6.07. The molecule has 0 aromatic carbocycles. The van der Waals surface area contributed by atoms with E-state index >= 15 is 0 Å². The minimum absolute atomic E-state index is 0.0186. The third kappa shape index (κ3) is 3.63. The predicted molar refractivity (Wildman–Crippen MR) is 83.4 cm³/mol. The van der Waals surface area contributed by atoms with Crippen molar-refractivity contribution in [2.45, 2.75) is 51.5 Å². The average molecular weight is 322 g/mol. The number of aryl methyl sites for hydroxylation is 1. The van der Waals surface area contributed by atoms with Gasteiger partial charge in [-0.3, -0.25) is 9.59 Å². The van der Waals surface area contributed by atoms with Gasteiger partial charge in [-0.2, -0.15) is 0 Å². The molecule has 0 bridgehead atoms. The van der Waals surface area contributed by atoms with E-state index in [1.807, 2.05) is 11.8 Å². The fourth-order valence-corrected chi connectivity index (χ4v) is 3.59. The van der Waals surface area contributed by atoms with E-state index in [0.29, 0.717) is 13.0 Å². The van der Waals surface area contributed by atoms with Crippen LogP contribution in [0.4, 0.5) is 0 Å². The van der Waals surface area contributed by atoms with E-state index in [4.69, 9.17) is 0 Å². The number of nitrogens with one attached hydrogen (secondary N) is 1. The number of piperidine rings is 1. The lowest BCUT2D eigenvalue weighted by Crippen LogP contribution is -2.52. The summed E-state index contributed by atoms with van der Waals surface area (Å²) < 4.78 is 0. The van der Waals surface area contributed by atoms with E-state index in [2.05, 4.69) is 15.5 Å². The molecule has 1 aromatic heterocycles. The summed E-state index contributed by atoms with van der Waals surface area (Å²) in [5, 5.41) is 12.9. The van der Waals surface area contributed by atoms with Gasteiger partial charge in [0.25, 0.3) is 0 Å². The van der Waals surface area contributed by atoms with Crippen LogP contribution in [-0.4, -0.2) is 46.0 Å². The van der Waals surface area contributed by atoms with Gasteiger partial charge in [0, 0.05) is 25.4 Å². The quantitative estimate of drug-likeness (QED) is 0.886. The van der Waals surface area contributed by atoms with E-state index < -0.39 is 0 Å². The number of likely N-dealkylation sites (tertiary alicyclic amines) is 1. The van der Waals surface area contributed by atoms with Crippen LogP contribution in [0.5, 0.6) is 0 Å². The second-order valence-corrected chi connectivity index (χ2v) is 7.34. The van der Waals surface area contributed by atoms with Gasteiger partial charge in [-0.25, -0.2) is 0 Å². The molecule has 1 atom stereocenters. The molecule has 2 aliphatic rings. The van der Waals surface area contributed by atoms with Crippen LogP contribution >= 0.6 is 11.3 Å². The Hall–Kier alpha value is -1.50. The molecule has 1 saturated heterocycles. The van der Waals surface area contributed by atoms with Gasteiger partial charge in [-0.15, -0.1) is 21.5 Å². The Labute approximate surface area is 134 Å². The molecule has 22 heavy (non-hydrogen) atoms. The van der Waals surface area contributed by atoms with Gasteiger partial charge in [-0.05, 0) is 39.0 Å². The van der Waals surface area contributed by atoms with Crippen LogP contribution in [0.1, 0.15) is 42.1 Å². The van der Waals surface area contributed by atoms with Gasteiger partial charge in [0.05, 0.1) is 0 Å². The molecule has 1 aromatic rings. The minimum atomic E-state index is -0.280. The second kappa shape index (κ2) is 6.73. The van der Waals surface area contributed by atoms with Crippen molar-refractivity contribution >= 4 is 23.2 Å². The van der Waals surface area contributed by atoms with Crippen LogP contribution in [0.25, 0.3) is 0 Å². The number of nitrogens with zero attached hydrogens (tertiary/aromatic N) is 3. The van der Waals surface area contributed by atoms with Crippen LogP contribution in [0.2, 0.25) is 0 Å². The normalized spacial score (nSPS) is 21.7. The monoisotopic (exact) mass is 322 g/mol. The summed E-state index contributed by atoms with van der Waals surface area (Å²) >= 11 is 1.55. The highest BCUT2D eigenvalue weighted by Gasteiger charge is 2.39. The van der Waals surface area contributed by atoms with Gasteiger partial charge in [-0.1, -0.05) is 0 Å². The van der Waals surface area contributed by atoms with E-state index in [9.17, 15) is 9.59 Å². The van der Waals surface area contributed by atoms with Crippen molar-refractivity contribution in [1.29, 1.82) is 0 Å². The van der Waals surface area contributed by atoms with Crippen molar-refractivity contribution in [2.75, 3.05) is 13.1 Å². The molecule has 2 fully saturated rings. The van der Waals surface area contributed by atoms with Gasteiger partial charge < -0.3 is 10.2 Å². The molecule has 120 valence electrons. The van der Waals surface area contributed by atoms with E-state index in [1.165, 1.54) is 0 Å². The zero-order valence-corrected chi connectivity index (χ0v) is 13.7. The summed E-state index contributed by atoms with van der Waals surface area (Å²) in [7, 11) is 0. The standard InChI is InChI=1S/C15H22N4O2S/c1-10-17-18-13(22-10)7-8-16-14(20)12-4-2-3-9-19(12)15(21)11-5-6-11/h11-12H,2-9H2,1H3,(H,16,20)/t12-/m0/s1. The zero-order chi connectivity index (χ0) is 15.5. The first-order chi connectivity index (χ1) is 10.6. The number of rotatable bonds is 5. The third-order valence-corrected chi connectivity index (χ3v) is 5.12. The Morgan fingerprint density at radius 1 is 1.27 bits per heavy atom. The van der Waals surface area contributed by atoms with Crippen LogP contribution in [-0.2, 0) is 16.0 Å². The van der Waals surface area contributed by atoms with Crippen molar-refractivity contribution in [3.8, 4) is 0 Å². The Morgan fingerprint density at radius 3 is 2.77 bits per heavy atom. The summed E-state index contributed by atoms with van der Waals surface area (Å²) in [5.74, 6) is 0.340. The number of aromatic nitrogens is 2. The van der Waals surface area contributed by atoms with Crippen molar-refractivity contribution in [3.63, 3.8) is 0 Å². The average Bonchev–Trinajstić information content (AvgIpc) is 3.29. The fraction of sp³-hybridized carbons (Fsp3) is 0.733. The molecule has 0 spiro atoms. The van der Waals surface area contributed by atoms with Crippen LogP contribution in [0.3, 0.4) is 0 Å². The maximum absolute atomic E-state index is 12.4. The third-order valence-electron chi connectivity index (χ3n) is 4.22. The number of carbonyl (C=O) groups excluding carboxylic acids is 2. The van der Waals surface area contributed by atoms with Crippen LogP contribution < -0.4 is 5.32 Å². The molecule has 0 radical (unpaired) electrons. The molecule has 1 aliphatic heterocycles. The highest BCUT2D eigenvalue weighted by Crippen LogP contribution is 2.33. The van der Waals surface area contributed by atoms with Crippen molar-refractivity contribution in [3.05, 3.63) is 10.0 Å². The molecule has 3 rings (SSSR count). The lowest BCUT2D eigenvalue weighted by molar-refractivity contribution is -0.143. The van der Waals surface area contributed by atoms with Crippen molar-refractivity contribution < 1.29 is 9.59 Å². The van der Waals surface area contributed by atoms with Gasteiger partial charge in [0.15, 0.2) is 0 Å². The predicted octanol–water partition coefficient (Wildman–Crippen LogP) is 1.30. The Morgan fingerprint density at radius 2 is 2.09 bits per heavy atom. The largest absolute Gasteiger partial charge is 0.354 e. The molecular formula is C15H22N4O2S. The Kier molecular flexibility index (Phi) is 4.71. The van der Waals surface area contributed by atoms with Gasteiger partial charge in [0.2, 0.25) is 11.8 Å². The smallest absolute Gasteiger partial charge is 0.242 e. The van der Waals surface area contributed by atoms with Crippen molar-refractivity contribution in [1.82, 2.24) is 20.4 Å². The molecule has 2 amide bonds. The molecule has 6 nitrogen and oxygen atoms in total. The molecule has 1 N–H and O–H groups in total. The van der Waals surface area contributed by atoms with Crippen LogP contribution in [0, 0.1) is 12.8 Å². The molecule has 1 aliphatic carbocycles. The Bertz CT molecular complexity index is 555. The molecule has 0 unspecified atom stereocenters. The van der Waals surface area contributed by atoms with Gasteiger partial charge >= 0.3 is 0 Å². The van der Waals surface area contributed by atoms with Crippen LogP contribution in [0.15, 0.2) is 0 Å². The first kappa shape index (κ1) is 15.4. The van der Waals surface area contributed by atoms with Gasteiger partial charge in [0.1, 0.15) is 16.1 Å². The van der Waals surface area contributed by atoms with E-state index in [1.54, 1.807) is 11.3 Å². The fourth-order valence-electron chi connectivity index (χ4n) is 2.88. The maximum Gasteiger partial charge on any atom is 0.242 e. The Balaban J connectivity index is 1.51. The van der Waals surface area contributed by atoms with Crippen molar-refractivity contribution in [2.24, 2.45) is 5.92 Å². The number of amides is 2. The highest BCUT2D eigenvalue weighted by molar-refractivity contribution is 7.11. The summed E-state index contributed by atoms with van der Waals surface area (Å²) in [6.07, 6.45) is 5.47. The molecular weight excluding hydrogens is 300 g/mol. The molecule has 7 heteroatoms. The molecule has 2 heterocycles. The highest BCUT2D eigenvalue weighted by atomic mass is 32.1. The zero-order valence-electron chi connectivity index (χ0n) is 12.9. The lowest BCUT2D eigenvalue weighted by atomic mass is 10.0. The number of carbonyl (C=O) groups is 2. The summed E-state index contributed by atoms with van der Waals surface area (Å²) in [6.45, 7) is 3.20. The van der Waals surface area contributed by atoms with E-state index in [0.717, 1.165) is 48.7 Å². The maximum atomic E-state index is 12.4. The SMILES string of the molecule is Cc1nnc(CCNC(=O)[C@@H]2CCCCN2C(=O)C2CC2)s1. The summed E-state index contributed by atoms with van der Waals surface area (Å²) in [4.78, 5) is 26.5. The van der Waals surface area contributed by atoms with E-state index in [-0.39, 0.29) is 23.8 Å². The first-order valence-corrected chi connectivity index (χ1v) is 8.84.